The predicted octanol–water partition coefficient (Wildman–Crippen LogP) is 5.84. The molecule has 1 unspecified atom stereocenters. The normalized spacial score (nSPS) is 16.4. The summed E-state index contributed by atoms with van der Waals surface area (Å²) in [7, 11) is 1.46. The highest BCUT2D eigenvalue weighted by Crippen LogP contribution is 2.34. The van der Waals surface area contributed by atoms with Gasteiger partial charge in [-0.3, -0.25) is 4.99 Å². The number of aliphatic imine (C=N–C) groups is 1. The minimum atomic E-state index is -0.351. The summed E-state index contributed by atoms with van der Waals surface area (Å²) in [6.07, 6.45) is 1.72. The fraction of sp³-hybridized carbons (Fsp3) is 0.316. The van der Waals surface area contributed by atoms with Gasteiger partial charge in [0.1, 0.15) is 0 Å². The monoisotopic (exact) mass is 333 g/mol. The van der Waals surface area contributed by atoms with Gasteiger partial charge in [-0.15, -0.1) is 0 Å². The van der Waals surface area contributed by atoms with Crippen molar-refractivity contribution in [1.82, 2.24) is 0 Å². The highest BCUT2D eigenvalue weighted by Gasteiger charge is 2.22. The van der Waals surface area contributed by atoms with E-state index in [1.807, 2.05) is 44.2 Å². The molecule has 2 aromatic rings. The van der Waals surface area contributed by atoms with Crippen LogP contribution in [0, 0.1) is 5.82 Å². The Morgan fingerprint density at radius 3 is 2.57 bits per heavy atom. The third kappa shape index (κ3) is 3.91. The molecule has 0 saturated heterocycles. The van der Waals surface area contributed by atoms with E-state index in [-0.39, 0.29) is 17.6 Å². The van der Waals surface area contributed by atoms with E-state index in [4.69, 9.17) is 21.3 Å². The molecule has 0 saturated carbocycles. The molecule has 2 aromatic carbocycles. The first-order chi connectivity index (χ1) is 11.2. The van der Waals surface area contributed by atoms with Crippen molar-refractivity contribution in [3.05, 3.63) is 64.4 Å². The van der Waals surface area contributed by atoms with Gasteiger partial charge in [0.15, 0.2) is 11.6 Å². The van der Waals surface area contributed by atoms with Crippen LogP contribution in [0.5, 0.6) is 5.75 Å². The van der Waals surface area contributed by atoms with Crippen molar-refractivity contribution in [3.8, 4) is 5.75 Å². The van der Waals surface area contributed by atoms with Gasteiger partial charge < -0.3 is 4.74 Å². The van der Waals surface area contributed by atoms with Crippen LogP contribution in [0.25, 0.3) is 0 Å². The minimum absolute atomic E-state index is 0.0170. The summed E-state index contributed by atoms with van der Waals surface area (Å²) >= 11 is 6.21. The van der Waals surface area contributed by atoms with Gasteiger partial charge in [0, 0.05) is 16.3 Å². The third-order valence-corrected chi connectivity index (χ3v) is 4.04. The van der Waals surface area contributed by atoms with Crippen molar-refractivity contribution in [2.45, 2.75) is 32.7 Å². The van der Waals surface area contributed by atoms with Crippen LogP contribution in [0.1, 0.15) is 43.9 Å². The average molecular weight is 334 g/mol. The molecule has 1 aliphatic rings. The van der Waals surface area contributed by atoms with E-state index >= 15 is 0 Å². The molecule has 0 N–H and O–H groups in total. The van der Waals surface area contributed by atoms with Crippen molar-refractivity contribution in [2.75, 3.05) is 7.11 Å². The molecule has 0 bridgehead atoms. The fourth-order valence-corrected chi connectivity index (χ4v) is 2.87. The first-order valence-corrected chi connectivity index (χ1v) is 8.22. The predicted molar refractivity (Wildman–Crippen MR) is 94.3 cm³/mol. The first kappa shape index (κ1) is 17.5. The second-order valence-corrected chi connectivity index (χ2v) is 5.41. The van der Waals surface area contributed by atoms with Crippen LogP contribution in [-0.2, 0) is 0 Å². The zero-order valence-electron chi connectivity index (χ0n) is 13.6. The number of benzene rings is 2. The molecule has 23 heavy (non-hydrogen) atoms. The summed E-state index contributed by atoms with van der Waals surface area (Å²) < 4.78 is 18.7. The van der Waals surface area contributed by atoms with Crippen LogP contribution in [0.4, 0.5) is 4.39 Å². The summed E-state index contributed by atoms with van der Waals surface area (Å²) in [4.78, 5) is 4.71. The first-order valence-electron chi connectivity index (χ1n) is 7.84. The third-order valence-electron chi connectivity index (χ3n) is 3.71. The standard InChI is InChI=1S/C17H15ClFNO.C2H6/c1-21-17-9-6-11(10-14(17)19)15-7-8-16(20-15)12-4-2-3-5-13(12)18;1-2/h2-6,9-10,15H,7-8H2,1H3;1-2H3. The molecule has 0 aromatic heterocycles. The largest absolute Gasteiger partial charge is 0.494 e. The summed E-state index contributed by atoms with van der Waals surface area (Å²) in [6.45, 7) is 4.00. The lowest BCUT2D eigenvalue weighted by Gasteiger charge is -2.09. The van der Waals surface area contributed by atoms with Gasteiger partial charge in [0.25, 0.3) is 0 Å². The second-order valence-electron chi connectivity index (χ2n) is 5.00. The van der Waals surface area contributed by atoms with E-state index in [9.17, 15) is 4.39 Å². The van der Waals surface area contributed by atoms with Crippen molar-refractivity contribution in [1.29, 1.82) is 0 Å². The van der Waals surface area contributed by atoms with Gasteiger partial charge >= 0.3 is 0 Å². The maximum atomic E-state index is 13.8. The van der Waals surface area contributed by atoms with E-state index in [0.717, 1.165) is 29.7 Å². The number of halogens is 2. The Morgan fingerprint density at radius 1 is 1.17 bits per heavy atom. The molecule has 1 heterocycles. The molecule has 2 nitrogen and oxygen atoms in total. The molecule has 0 radical (unpaired) electrons. The molecule has 0 fully saturated rings. The fourth-order valence-electron chi connectivity index (χ4n) is 2.62. The summed E-state index contributed by atoms with van der Waals surface area (Å²) in [5, 5.41) is 0.706. The van der Waals surface area contributed by atoms with E-state index in [1.165, 1.54) is 13.2 Å². The van der Waals surface area contributed by atoms with E-state index in [1.54, 1.807) is 6.07 Å². The van der Waals surface area contributed by atoms with Gasteiger partial charge in [0.05, 0.1) is 13.2 Å². The van der Waals surface area contributed by atoms with Crippen LogP contribution >= 0.6 is 11.6 Å². The molecule has 0 amide bonds. The van der Waals surface area contributed by atoms with Gasteiger partial charge in [-0.2, -0.15) is 0 Å². The Balaban J connectivity index is 0.000000924. The van der Waals surface area contributed by atoms with Crippen LogP contribution in [-0.4, -0.2) is 12.8 Å². The number of hydrogen-bond donors (Lipinski definition) is 0. The Bertz CT molecular complexity index is 700. The van der Waals surface area contributed by atoms with Crippen LogP contribution < -0.4 is 4.74 Å². The van der Waals surface area contributed by atoms with E-state index < -0.39 is 0 Å². The molecule has 0 aliphatic carbocycles. The molecular formula is C19H21ClFNO. The quantitative estimate of drug-likeness (QED) is 0.691. The number of ether oxygens (including phenoxy) is 1. The lowest BCUT2D eigenvalue weighted by atomic mass is 10.0. The Morgan fingerprint density at radius 2 is 1.91 bits per heavy atom. The summed E-state index contributed by atoms with van der Waals surface area (Å²) in [6, 6.07) is 12.7. The molecule has 1 aliphatic heterocycles. The van der Waals surface area contributed by atoms with Crippen LogP contribution in [0.2, 0.25) is 5.02 Å². The van der Waals surface area contributed by atoms with Crippen LogP contribution in [0.15, 0.2) is 47.5 Å². The molecule has 0 spiro atoms. The average Bonchev–Trinajstić information content (AvgIpc) is 3.07. The van der Waals surface area contributed by atoms with Gasteiger partial charge in [-0.25, -0.2) is 4.39 Å². The Hall–Kier alpha value is -1.87. The second kappa shape index (κ2) is 8.11. The molecule has 4 heteroatoms. The number of hydrogen-bond acceptors (Lipinski definition) is 2. The van der Waals surface area contributed by atoms with Crippen molar-refractivity contribution in [2.24, 2.45) is 4.99 Å². The van der Waals surface area contributed by atoms with Gasteiger partial charge in [0.2, 0.25) is 0 Å². The van der Waals surface area contributed by atoms with Crippen molar-refractivity contribution >= 4 is 17.3 Å². The number of rotatable bonds is 3. The topological polar surface area (TPSA) is 21.6 Å². The highest BCUT2D eigenvalue weighted by atomic mass is 35.5. The SMILES string of the molecule is CC.COc1ccc(C2CCC(c3ccccc3Cl)=N2)cc1F. The van der Waals surface area contributed by atoms with Crippen molar-refractivity contribution < 1.29 is 9.13 Å². The molecule has 3 rings (SSSR count). The maximum Gasteiger partial charge on any atom is 0.165 e. The zero-order chi connectivity index (χ0) is 16.8. The Kier molecular flexibility index (Phi) is 6.17. The van der Waals surface area contributed by atoms with Gasteiger partial charge in [-0.1, -0.05) is 49.7 Å². The summed E-state index contributed by atoms with van der Waals surface area (Å²) in [5.41, 5.74) is 2.83. The lowest BCUT2D eigenvalue weighted by Crippen LogP contribution is -1.96. The molecule has 122 valence electrons. The van der Waals surface area contributed by atoms with Crippen LogP contribution in [0.3, 0.4) is 0 Å². The Labute approximate surface area is 142 Å². The van der Waals surface area contributed by atoms with Gasteiger partial charge in [-0.05, 0) is 36.6 Å². The number of methoxy groups -OCH3 is 1. The number of nitrogens with zero attached hydrogens (tertiary/aromatic N) is 1. The molecule has 1 atom stereocenters. The van der Waals surface area contributed by atoms with E-state index in [0.29, 0.717) is 5.02 Å². The minimum Gasteiger partial charge on any atom is -0.494 e. The smallest absolute Gasteiger partial charge is 0.165 e. The molecular weight excluding hydrogens is 313 g/mol. The van der Waals surface area contributed by atoms with Crippen molar-refractivity contribution in [3.63, 3.8) is 0 Å². The van der Waals surface area contributed by atoms with E-state index in [2.05, 4.69) is 0 Å². The lowest BCUT2D eigenvalue weighted by molar-refractivity contribution is 0.386. The summed E-state index contributed by atoms with van der Waals surface area (Å²) in [5.74, 6) is -0.0940. The zero-order valence-corrected chi connectivity index (χ0v) is 14.4. The highest BCUT2D eigenvalue weighted by molar-refractivity contribution is 6.34. The maximum absolute atomic E-state index is 13.8.